The molecule has 1 aliphatic heterocycles. The van der Waals surface area contributed by atoms with Crippen molar-refractivity contribution in [3.8, 4) is 11.4 Å². The summed E-state index contributed by atoms with van der Waals surface area (Å²) in [7, 11) is 1.31. The number of hydrogen-bond donors (Lipinski definition) is 0. The molecule has 138 valence electrons. The maximum atomic E-state index is 12.2. The second kappa shape index (κ2) is 6.74. The molecule has 9 heteroatoms. The molecule has 0 bridgehead atoms. The number of nitrogens with zero attached hydrogens (tertiary/aromatic N) is 5. The molecular formula is C17H21N5O4. The van der Waals surface area contributed by atoms with Crippen LogP contribution in [0.4, 0.5) is 4.79 Å². The Balaban J connectivity index is 1.82. The van der Waals surface area contributed by atoms with Gasteiger partial charge in [0.05, 0.1) is 13.7 Å². The number of ether oxygens (including phenoxy) is 2. The van der Waals surface area contributed by atoms with E-state index in [2.05, 4.69) is 15.2 Å². The Hall–Kier alpha value is -2.97. The minimum Gasteiger partial charge on any atom is -0.464 e. The van der Waals surface area contributed by atoms with Gasteiger partial charge in [-0.05, 0) is 32.9 Å². The third-order valence-corrected chi connectivity index (χ3v) is 3.82. The molecule has 3 rings (SSSR count). The van der Waals surface area contributed by atoms with E-state index in [4.69, 9.17) is 9.47 Å². The summed E-state index contributed by atoms with van der Waals surface area (Å²) >= 11 is 0. The summed E-state index contributed by atoms with van der Waals surface area (Å²) in [6.07, 6.45) is 1.16. The van der Waals surface area contributed by atoms with Crippen molar-refractivity contribution in [2.24, 2.45) is 0 Å². The molecule has 2 aromatic heterocycles. The number of methoxy groups -OCH3 is 1. The lowest BCUT2D eigenvalue weighted by Gasteiger charge is -2.30. The summed E-state index contributed by atoms with van der Waals surface area (Å²) in [5, 5.41) is 8.40. The molecule has 26 heavy (non-hydrogen) atoms. The van der Waals surface area contributed by atoms with Gasteiger partial charge in [-0.15, -0.1) is 10.2 Å². The first-order valence-electron chi connectivity index (χ1n) is 8.23. The van der Waals surface area contributed by atoms with Gasteiger partial charge in [-0.2, -0.15) is 0 Å². The average molecular weight is 359 g/mol. The molecule has 9 nitrogen and oxygen atoms in total. The number of amides is 1. The SMILES string of the molecule is COC(=O)c1cc(-c2nnc3n2CCN(C(=O)OC(C)(C)C)C3)ccn1. The Morgan fingerprint density at radius 1 is 1.19 bits per heavy atom. The molecule has 0 N–H and O–H groups in total. The van der Waals surface area contributed by atoms with Gasteiger partial charge in [0, 0.05) is 24.8 Å². The number of fused-ring (bicyclic) bond motifs is 1. The van der Waals surface area contributed by atoms with E-state index in [1.165, 1.54) is 13.3 Å². The average Bonchev–Trinajstić information content (AvgIpc) is 3.02. The lowest BCUT2D eigenvalue weighted by atomic mass is 10.2. The largest absolute Gasteiger partial charge is 0.464 e. The van der Waals surface area contributed by atoms with Crippen LogP contribution in [0.3, 0.4) is 0 Å². The van der Waals surface area contributed by atoms with Crippen LogP contribution in [-0.2, 0) is 22.6 Å². The first-order chi connectivity index (χ1) is 12.3. The van der Waals surface area contributed by atoms with Crippen LogP contribution in [0, 0.1) is 0 Å². The van der Waals surface area contributed by atoms with E-state index in [0.717, 1.165) is 0 Å². The molecule has 0 atom stereocenters. The molecule has 1 aliphatic rings. The van der Waals surface area contributed by atoms with Crippen molar-refractivity contribution >= 4 is 12.1 Å². The number of pyridine rings is 1. The first kappa shape index (κ1) is 17.8. The van der Waals surface area contributed by atoms with Crippen LogP contribution in [-0.4, -0.2) is 56.0 Å². The number of esters is 1. The summed E-state index contributed by atoms with van der Waals surface area (Å²) < 4.78 is 12.0. The molecule has 0 aliphatic carbocycles. The van der Waals surface area contributed by atoms with Gasteiger partial charge in [-0.3, -0.25) is 4.90 Å². The third-order valence-electron chi connectivity index (χ3n) is 3.82. The fourth-order valence-electron chi connectivity index (χ4n) is 2.64. The lowest BCUT2D eigenvalue weighted by molar-refractivity contribution is 0.0195. The van der Waals surface area contributed by atoms with Gasteiger partial charge in [0.1, 0.15) is 11.3 Å². The van der Waals surface area contributed by atoms with Gasteiger partial charge < -0.3 is 14.0 Å². The van der Waals surface area contributed by atoms with E-state index in [-0.39, 0.29) is 11.8 Å². The summed E-state index contributed by atoms with van der Waals surface area (Å²) in [6.45, 7) is 6.83. The molecule has 3 heterocycles. The van der Waals surface area contributed by atoms with Gasteiger partial charge in [0.25, 0.3) is 0 Å². The number of hydrogen-bond acceptors (Lipinski definition) is 7. The zero-order chi connectivity index (χ0) is 18.9. The van der Waals surface area contributed by atoms with Crippen molar-refractivity contribution in [3.63, 3.8) is 0 Å². The van der Waals surface area contributed by atoms with Crippen LogP contribution >= 0.6 is 0 Å². The number of carbonyl (C=O) groups excluding carboxylic acids is 2. The quantitative estimate of drug-likeness (QED) is 0.755. The van der Waals surface area contributed by atoms with Crippen LogP contribution in [0.1, 0.15) is 37.1 Å². The summed E-state index contributed by atoms with van der Waals surface area (Å²) in [6, 6.07) is 3.37. The zero-order valence-electron chi connectivity index (χ0n) is 15.2. The van der Waals surface area contributed by atoms with Gasteiger partial charge in [0.15, 0.2) is 11.6 Å². The summed E-state index contributed by atoms with van der Waals surface area (Å²) in [5.74, 6) is 0.770. The molecule has 0 radical (unpaired) electrons. The Morgan fingerprint density at radius 2 is 1.96 bits per heavy atom. The lowest BCUT2D eigenvalue weighted by Crippen LogP contribution is -2.41. The molecule has 0 saturated heterocycles. The zero-order valence-corrected chi connectivity index (χ0v) is 15.2. The van der Waals surface area contributed by atoms with Gasteiger partial charge >= 0.3 is 12.1 Å². The number of aromatic nitrogens is 4. The van der Waals surface area contributed by atoms with Crippen molar-refractivity contribution in [1.29, 1.82) is 0 Å². The predicted octanol–water partition coefficient (Wildman–Crippen LogP) is 1.88. The molecule has 0 fully saturated rings. The number of carbonyl (C=O) groups is 2. The number of rotatable bonds is 2. The Morgan fingerprint density at radius 3 is 2.65 bits per heavy atom. The Kier molecular flexibility index (Phi) is 4.62. The minimum absolute atomic E-state index is 0.202. The molecule has 2 aromatic rings. The predicted molar refractivity (Wildman–Crippen MR) is 91.2 cm³/mol. The first-order valence-corrected chi connectivity index (χ1v) is 8.23. The van der Waals surface area contributed by atoms with E-state index in [1.807, 2.05) is 25.3 Å². The van der Waals surface area contributed by atoms with Crippen LogP contribution in [0.25, 0.3) is 11.4 Å². The van der Waals surface area contributed by atoms with E-state index in [0.29, 0.717) is 36.8 Å². The van der Waals surface area contributed by atoms with Crippen molar-refractivity contribution in [1.82, 2.24) is 24.6 Å². The van der Waals surface area contributed by atoms with Gasteiger partial charge in [-0.1, -0.05) is 0 Å². The van der Waals surface area contributed by atoms with E-state index >= 15 is 0 Å². The van der Waals surface area contributed by atoms with Crippen molar-refractivity contribution in [2.75, 3.05) is 13.7 Å². The van der Waals surface area contributed by atoms with Crippen molar-refractivity contribution in [3.05, 3.63) is 29.8 Å². The highest BCUT2D eigenvalue weighted by molar-refractivity contribution is 5.88. The highest BCUT2D eigenvalue weighted by Gasteiger charge is 2.28. The molecule has 0 saturated carbocycles. The highest BCUT2D eigenvalue weighted by atomic mass is 16.6. The normalized spacial score (nSPS) is 13.9. The molecule has 0 aromatic carbocycles. The second-order valence-electron chi connectivity index (χ2n) is 6.91. The van der Waals surface area contributed by atoms with Gasteiger partial charge in [0.2, 0.25) is 0 Å². The maximum absolute atomic E-state index is 12.2. The second-order valence-corrected chi connectivity index (χ2v) is 6.91. The van der Waals surface area contributed by atoms with E-state index < -0.39 is 11.6 Å². The van der Waals surface area contributed by atoms with Crippen LogP contribution in [0.2, 0.25) is 0 Å². The molecule has 1 amide bonds. The van der Waals surface area contributed by atoms with Crippen LogP contribution < -0.4 is 0 Å². The Bertz CT molecular complexity index is 840. The summed E-state index contributed by atoms with van der Waals surface area (Å²) in [5.41, 5.74) is 0.368. The highest BCUT2D eigenvalue weighted by Crippen LogP contribution is 2.23. The van der Waals surface area contributed by atoms with Crippen molar-refractivity contribution < 1.29 is 19.1 Å². The van der Waals surface area contributed by atoms with Crippen LogP contribution in [0.5, 0.6) is 0 Å². The Labute approximate surface area is 150 Å². The minimum atomic E-state index is -0.547. The maximum Gasteiger partial charge on any atom is 0.410 e. The molecular weight excluding hydrogens is 338 g/mol. The van der Waals surface area contributed by atoms with Crippen molar-refractivity contribution in [2.45, 2.75) is 39.5 Å². The van der Waals surface area contributed by atoms with Crippen LogP contribution in [0.15, 0.2) is 18.3 Å². The molecule has 0 spiro atoms. The van der Waals surface area contributed by atoms with E-state index in [9.17, 15) is 9.59 Å². The fourth-order valence-corrected chi connectivity index (χ4v) is 2.64. The topological polar surface area (TPSA) is 99.4 Å². The summed E-state index contributed by atoms with van der Waals surface area (Å²) in [4.78, 5) is 29.5. The van der Waals surface area contributed by atoms with Gasteiger partial charge in [-0.25, -0.2) is 14.6 Å². The monoisotopic (exact) mass is 359 g/mol. The fraction of sp³-hybridized carbons (Fsp3) is 0.471. The third kappa shape index (κ3) is 3.66. The standard InChI is InChI=1S/C17H21N5O4/c1-17(2,3)26-16(24)21-7-8-22-13(10-21)19-20-14(22)11-5-6-18-12(9-11)15(23)25-4/h5-6,9H,7-8,10H2,1-4H3. The van der Waals surface area contributed by atoms with E-state index in [1.54, 1.807) is 17.0 Å². The molecule has 0 unspecified atom stereocenters. The smallest absolute Gasteiger partial charge is 0.410 e.